The number of ether oxygens (including phenoxy) is 1. The minimum Gasteiger partial charge on any atom is -0.448 e. The molecule has 0 bridgehead atoms. The number of amides is 1. The summed E-state index contributed by atoms with van der Waals surface area (Å²) in [7, 11) is 0. The van der Waals surface area contributed by atoms with Gasteiger partial charge in [0.05, 0.1) is 0 Å². The standard InChI is InChI=1S/C11H24N2O2/c1-10(2,3)13(11(4,5)6)9(14)15-8-7-12/h7-8,12H2,1-6H3. The zero-order valence-electron chi connectivity index (χ0n) is 10.8. The van der Waals surface area contributed by atoms with Gasteiger partial charge in [-0.3, -0.25) is 4.90 Å². The van der Waals surface area contributed by atoms with Gasteiger partial charge in [0.2, 0.25) is 0 Å². The van der Waals surface area contributed by atoms with Crippen LogP contribution in [0.15, 0.2) is 0 Å². The highest BCUT2D eigenvalue weighted by Crippen LogP contribution is 2.25. The molecule has 0 fully saturated rings. The van der Waals surface area contributed by atoms with Gasteiger partial charge in [-0.1, -0.05) is 0 Å². The van der Waals surface area contributed by atoms with Gasteiger partial charge in [-0.2, -0.15) is 0 Å². The molecule has 0 saturated carbocycles. The quantitative estimate of drug-likeness (QED) is 0.768. The van der Waals surface area contributed by atoms with E-state index in [1.165, 1.54) is 0 Å². The molecule has 0 aliphatic rings. The monoisotopic (exact) mass is 216 g/mol. The van der Waals surface area contributed by atoms with Crippen LogP contribution in [0.5, 0.6) is 0 Å². The summed E-state index contributed by atoms with van der Waals surface area (Å²) in [4.78, 5) is 13.6. The Morgan fingerprint density at radius 2 is 1.53 bits per heavy atom. The molecule has 0 aromatic carbocycles. The first-order valence-corrected chi connectivity index (χ1v) is 5.28. The molecule has 0 aliphatic heterocycles. The van der Waals surface area contributed by atoms with E-state index in [0.717, 1.165) is 0 Å². The van der Waals surface area contributed by atoms with E-state index in [1.807, 2.05) is 41.5 Å². The third kappa shape index (κ3) is 4.51. The number of hydrogen-bond acceptors (Lipinski definition) is 3. The van der Waals surface area contributed by atoms with Gasteiger partial charge in [0.1, 0.15) is 6.61 Å². The Morgan fingerprint density at radius 1 is 1.13 bits per heavy atom. The summed E-state index contributed by atoms with van der Waals surface area (Å²) in [5, 5.41) is 0. The van der Waals surface area contributed by atoms with Crippen molar-refractivity contribution in [1.29, 1.82) is 0 Å². The first kappa shape index (κ1) is 14.2. The van der Waals surface area contributed by atoms with Crippen molar-refractivity contribution in [3.05, 3.63) is 0 Å². The maximum atomic E-state index is 11.8. The van der Waals surface area contributed by atoms with Crippen LogP contribution in [0.1, 0.15) is 41.5 Å². The average molecular weight is 216 g/mol. The fourth-order valence-corrected chi connectivity index (χ4v) is 1.76. The number of nitrogens with two attached hydrogens (primary N) is 1. The van der Waals surface area contributed by atoms with Gasteiger partial charge in [-0.05, 0) is 41.5 Å². The van der Waals surface area contributed by atoms with E-state index in [2.05, 4.69) is 0 Å². The SMILES string of the molecule is CC(C)(C)N(C(=O)OCCN)C(C)(C)C. The molecule has 90 valence electrons. The third-order valence-corrected chi connectivity index (χ3v) is 1.87. The molecule has 0 spiro atoms. The van der Waals surface area contributed by atoms with E-state index in [9.17, 15) is 4.79 Å². The Hall–Kier alpha value is -0.770. The number of rotatable bonds is 2. The molecule has 0 aromatic rings. The lowest BCUT2D eigenvalue weighted by atomic mass is 9.97. The molecule has 4 heteroatoms. The number of hydrogen-bond donors (Lipinski definition) is 1. The zero-order chi connectivity index (χ0) is 12.3. The largest absolute Gasteiger partial charge is 0.448 e. The minimum absolute atomic E-state index is 0.260. The van der Waals surface area contributed by atoms with Gasteiger partial charge >= 0.3 is 6.09 Å². The first-order valence-electron chi connectivity index (χ1n) is 5.28. The lowest BCUT2D eigenvalue weighted by Gasteiger charge is -2.44. The topological polar surface area (TPSA) is 55.6 Å². The van der Waals surface area contributed by atoms with Crippen LogP contribution in [-0.2, 0) is 4.74 Å². The van der Waals surface area contributed by atoms with Gasteiger partial charge < -0.3 is 10.5 Å². The smallest absolute Gasteiger partial charge is 0.410 e. The Morgan fingerprint density at radius 3 is 1.80 bits per heavy atom. The van der Waals surface area contributed by atoms with Crippen molar-refractivity contribution < 1.29 is 9.53 Å². The minimum atomic E-state index is -0.305. The Kier molecular flexibility index (Phi) is 4.59. The average Bonchev–Trinajstić information content (AvgIpc) is 1.94. The van der Waals surface area contributed by atoms with Crippen LogP contribution in [0, 0.1) is 0 Å². The van der Waals surface area contributed by atoms with Crippen LogP contribution in [0.25, 0.3) is 0 Å². The first-order chi connectivity index (χ1) is 6.60. The summed E-state index contributed by atoms with van der Waals surface area (Å²) in [6, 6.07) is 0. The highest BCUT2D eigenvalue weighted by Gasteiger charge is 2.36. The second-order valence-corrected chi connectivity index (χ2v) is 5.58. The molecule has 0 saturated heterocycles. The van der Waals surface area contributed by atoms with Crippen molar-refractivity contribution in [2.45, 2.75) is 52.6 Å². The normalized spacial score (nSPS) is 12.5. The van der Waals surface area contributed by atoms with E-state index >= 15 is 0 Å². The summed E-state index contributed by atoms with van der Waals surface area (Å²) >= 11 is 0. The van der Waals surface area contributed by atoms with Crippen molar-refractivity contribution in [2.24, 2.45) is 5.73 Å². The molecule has 4 nitrogen and oxygen atoms in total. The van der Waals surface area contributed by atoms with Gasteiger partial charge in [-0.25, -0.2) is 4.79 Å². The molecule has 0 unspecified atom stereocenters. The van der Waals surface area contributed by atoms with Gasteiger partial charge in [0, 0.05) is 17.6 Å². The maximum absolute atomic E-state index is 11.8. The summed E-state index contributed by atoms with van der Waals surface area (Å²) in [6.45, 7) is 12.5. The van der Waals surface area contributed by atoms with Crippen molar-refractivity contribution in [3.63, 3.8) is 0 Å². The molecule has 1 amide bonds. The summed E-state index contributed by atoms with van der Waals surface area (Å²) in [6.07, 6.45) is -0.305. The third-order valence-electron chi connectivity index (χ3n) is 1.87. The van der Waals surface area contributed by atoms with Crippen LogP contribution in [0.2, 0.25) is 0 Å². The number of nitrogens with zero attached hydrogens (tertiary/aromatic N) is 1. The van der Waals surface area contributed by atoms with Crippen molar-refractivity contribution in [3.8, 4) is 0 Å². The molecule has 0 aromatic heterocycles. The Bertz CT molecular complexity index is 200. The summed E-state index contributed by atoms with van der Waals surface area (Å²) < 4.78 is 5.07. The predicted molar refractivity (Wildman–Crippen MR) is 61.7 cm³/mol. The zero-order valence-corrected chi connectivity index (χ0v) is 10.8. The molecule has 0 atom stereocenters. The van der Waals surface area contributed by atoms with E-state index in [0.29, 0.717) is 6.54 Å². The molecule has 15 heavy (non-hydrogen) atoms. The second-order valence-electron chi connectivity index (χ2n) is 5.58. The molecule has 0 aliphatic carbocycles. The Balaban J connectivity index is 4.74. The summed E-state index contributed by atoms with van der Waals surface area (Å²) in [5.74, 6) is 0. The summed E-state index contributed by atoms with van der Waals surface area (Å²) in [5.41, 5.74) is 4.78. The number of carbonyl (C=O) groups excluding carboxylic acids is 1. The highest BCUT2D eigenvalue weighted by molar-refractivity contribution is 5.69. The van der Waals surface area contributed by atoms with Gasteiger partial charge in [-0.15, -0.1) is 0 Å². The van der Waals surface area contributed by atoms with E-state index in [-0.39, 0.29) is 23.8 Å². The predicted octanol–water partition coefficient (Wildman–Crippen LogP) is 1.98. The molecule has 0 rings (SSSR count). The van der Waals surface area contributed by atoms with E-state index in [1.54, 1.807) is 4.90 Å². The molecular formula is C11H24N2O2. The lowest BCUT2D eigenvalue weighted by molar-refractivity contribution is 0.0218. The van der Waals surface area contributed by atoms with Crippen LogP contribution in [0.3, 0.4) is 0 Å². The second kappa shape index (κ2) is 4.84. The fourth-order valence-electron chi connectivity index (χ4n) is 1.76. The fraction of sp³-hybridized carbons (Fsp3) is 0.909. The molecule has 0 heterocycles. The lowest BCUT2D eigenvalue weighted by Crippen LogP contribution is -2.56. The van der Waals surface area contributed by atoms with E-state index < -0.39 is 0 Å². The van der Waals surface area contributed by atoms with Gasteiger partial charge in [0.15, 0.2) is 0 Å². The molecule has 2 N–H and O–H groups in total. The van der Waals surface area contributed by atoms with Crippen LogP contribution < -0.4 is 5.73 Å². The highest BCUT2D eigenvalue weighted by atomic mass is 16.6. The van der Waals surface area contributed by atoms with Crippen LogP contribution in [0.4, 0.5) is 4.79 Å². The van der Waals surface area contributed by atoms with Gasteiger partial charge in [0.25, 0.3) is 0 Å². The van der Waals surface area contributed by atoms with Crippen molar-refractivity contribution >= 4 is 6.09 Å². The van der Waals surface area contributed by atoms with Crippen LogP contribution in [-0.4, -0.2) is 35.2 Å². The van der Waals surface area contributed by atoms with Crippen molar-refractivity contribution in [1.82, 2.24) is 4.90 Å². The van der Waals surface area contributed by atoms with E-state index in [4.69, 9.17) is 10.5 Å². The Labute approximate surface area is 92.8 Å². The molecular weight excluding hydrogens is 192 g/mol. The maximum Gasteiger partial charge on any atom is 0.410 e. The van der Waals surface area contributed by atoms with Crippen molar-refractivity contribution in [2.75, 3.05) is 13.2 Å². The van der Waals surface area contributed by atoms with Crippen LogP contribution >= 0.6 is 0 Å². The number of carbonyl (C=O) groups is 1. The molecule has 0 radical (unpaired) electrons.